The molecule has 0 spiro atoms. The maximum Gasteiger partial charge on any atom is 0.0562 e. The maximum atomic E-state index is 2.71. The van der Waals surface area contributed by atoms with Gasteiger partial charge in [-0.3, -0.25) is 0 Å². The first-order valence-electron chi connectivity index (χ1n) is 19.7. The van der Waals surface area contributed by atoms with Crippen LogP contribution in [0.2, 0.25) is 0 Å². The van der Waals surface area contributed by atoms with Gasteiger partial charge in [-0.2, -0.15) is 0 Å². The molecule has 6 aromatic carbocycles. The lowest BCUT2D eigenvalue weighted by atomic mass is 9.91. The van der Waals surface area contributed by atoms with Crippen molar-refractivity contribution >= 4 is 82.2 Å². The molecule has 2 heterocycles. The Morgan fingerprint density at radius 2 is 1.47 bits per heavy atom. The molecule has 3 heteroatoms. The molecule has 8 aromatic rings. The first-order chi connectivity index (χ1) is 27.3. The quantitative estimate of drug-likeness (QED) is 0.176. The van der Waals surface area contributed by atoms with Crippen LogP contribution in [0.3, 0.4) is 0 Å². The Morgan fingerprint density at radius 1 is 0.673 bits per heavy atom. The molecule has 0 N–H and O–H groups in total. The Bertz CT molecular complexity index is 3180. The Labute approximate surface area is 324 Å². The number of nitrogens with zero attached hydrogens (tertiary/aromatic N) is 2. The van der Waals surface area contributed by atoms with Gasteiger partial charge in [-0.15, -0.1) is 11.3 Å². The van der Waals surface area contributed by atoms with Gasteiger partial charge in [0.25, 0.3) is 0 Å². The largest absolute Gasteiger partial charge is 0.338 e. The smallest absolute Gasteiger partial charge is 0.0562 e. The third-order valence-corrected chi connectivity index (χ3v) is 13.6. The van der Waals surface area contributed by atoms with Crippen LogP contribution in [-0.4, -0.2) is 10.6 Å². The summed E-state index contributed by atoms with van der Waals surface area (Å²) in [6.45, 7) is 0. The summed E-state index contributed by atoms with van der Waals surface area (Å²) in [5.41, 5.74) is 13.6. The van der Waals surface area contributed by atoms with Gasteiger partial charge in [-0.25, -0.2) is 0 Å². The van der Waals surface area contributed by atoms with Gasteiger partial charge >= 0.3 is 0 Å². The highest BCUT2D eigenvalue weighted by Gasteiger charge is 2.32. The number of allylic oxidation sites excluding steroid dienone is 5. The van der Waals surface area contributed by atoms with E-state index >= 15 is 0 Å². The van der Waals surface area contributed by atoms with Crippen molar-refractivity contribution < 1.29 is 0 Å². The first kappa shape index (κ1) is 31.2. The van der Waals surface area contributed by atoms with Crippen molar-refractivity contribution in [1.82, 2.24) is 4.57 Å². The van der Waals surface area contributed by atoms with Crippen molar-refractivity contribution in [2.24, 2.45) is 0 Å². The van der Waals surface area contributed by atoms with E-state index in [0.717, 1.165) is 32.1 Å². The zero-order chi connectivity index (χ0) is 36.0. The normalized spacial score (nSPS) is 19.7. The highest BCUT2D eigenvalue weighted by atomic mass is 32.1. The molecule has 0 bridgehead atoms. The minimum atomic E-state index is 0.118. The molecule has 0 saturated heterocycles. The molecule has 0 fully saturated rings. The summed E-state index contributed by atoms with van der Waals surface area (Å²) in [4.78, 5) is 2.71. The fourth-order valence-corrected chi connectivity index (χ4v) is 11.2. The Balaban J connectivity index is 1.10. The molecule has 4 aliphatic carbocycles. The van der Waals surface area contributed by atoms with E-state index in [-0.39, 0.29) is 6.04 Å². The second-order valence-corrected chi connectivity index (χ2v) is 16.5. The van der Waals surface area contributed by atoms with Crippen LogP contribution in [0.1, 0.15) is 42.5 Å². The number of hydrogen-bond donors (Lipinski definition) is 0. The number of fused-ring (bicyclic) bond motifs is 11. The number of benzene rings is 6. The molecule has 0 saturated carbocycles. The van der Waals surface area contributed by atoms with Crippen molar-refractivity contribution in [2.45, 2.75) is 38.1 Å². The van der Waals surface area contributed by atoms with Crippen molar-refractivity contribution in [3.05, 3.63) is 190 Å². The molecular formula is C52H38N2S. The van der Waals surface area contributed by atoms with Gasteiger partial charge in [-0.05, 0) is 130 Å². The molecule has 0 aliphatic heterocycles. The summed E-state index contributed by atoms with van der Waals surface area (Å²) in [7, 11) is 0. The zero-order valence-corrected chi connectivity index (χ0v) is 31.3. The van der Waals surface area contributed by atoms with Gasteiger partial charge in [0.2, 0.25) is 0 Å². The van der Waals surface area contributed by atoms with Gasteiger partial charge in [0.15, 0.2) is 0 Å². The van der Waals surface area contributed by atoms with Gasteiger partial charge in [0, 0.05) is 53.9 Å². The predicted octanol–water partition coefficient (Wildman–Crippen LogP) is 12.0. The fourth-order valence-electron chi connectivity index (χ4n) is 10.1. The molecule has 1 unspecified atom stereocenters. The monoisotopic (exact) mass is 722 g/mol. The standard InChI is InChI=1S/C52H38N2S/c1-2-15-35(16-3-1)54-47-23-10-8-20-41(47)44-30-37(25-27-48(44)54)53(38-26-28-50-45(31-38)42-21-9-11-24-49(42)55-50)36-17-5-7-19-40-43-22-12-14-34-29-33-13-4-6-18-39(33)52(51(34)43)46(40)32-36/h1-11,13-16,18-21,23-24,26,28-32,36H,12,17,22,25,27H2/b7-5-,40-19-,46-32-. The maximum absolute atomic E-state index is 2.71. The van der Waals surface area contributed by atoms with Crippen molar-refractivity contribution in [3.8, 4) is 5.69 Å². The van der Waals surface area contributed by atoms with E-state index in [1.165, 1.54) is 103 Å². The molecule has 55 heavy (non-hydrogen) atoms. The molecule has 1 atom stereocenters. The molecule has 2 aromatic heterocycles. The van der Waals surface area contributed by atoms with E-state index in [0.29, 0.717) is 0 Å². The number of rotatable bonds is 4. The van der Waals surface area contributed by atoms with Crippen LogP contribution in [0.25, 0.3) is 70.8 Å². The van der Waals surface area contributed by atoms with Gasteiger partial charge in [0.1, 0.15) is 0 Å². The highest BCUT2D eigenvalue weighted by Crippen LogP contribution is 2.44. The van der Waals surface area contributed by atoms with E-state index in [2.05, 4.69) is 173 Å². The van der Waals surface area contributed by atoms with Crippen LogP contribution in [0.15, 0.2) is 163 Å². The third kappa shape index (κ3) is 4.73. The summed E-state index contributed by atoms with van der Waals surface area (Å²) in [6, 6.07) is 47.6. The zero-order valence-electron chi connectivity index (χ0n) is 30.5. The number of aromatic nitrogens is 1. The number of para-hydroxylation sites is 2. The van der Waals surface area contributed by atoms with E-state index < -0.39 is 0 Å². The van der Waals surface area contributed by atoms with Crippen molar-refractivity contribution in [2.75, 3.05) is 4.90 Å². The summed E-state index contributed by atoms with van der Waals surface area (Å²) < 4.78 is 5.18. The van der Waals surface area contributed by atoms with Crippen molar-refractivity contribution in [3.63, 3.8) is 0 Å². The Kier molecular flexibility index (Phi) is 6.91. The number of thiophene rings is 1. The summed E-state index contributed by atoms with van der Waals surface area (Å²) >= 11 is 1.90. The Hall–Kier alpha value is -6.16. The van der Waals surface area contributed by atoms with Crippen molar-refractivity contribution in [1.29, 1.82) is 0 Å². The lowest BCUT2D eigenvalue weighted by molar-refractivity contribution is 0.718. The predicted molar refractivity (Wildman–Crippen MR) is 235 cm³/mol. The molecule has 0 amide bonds. The van der Waals surface area contributed by atoms with Crippen LogP contribution >= 0.6 is 11.3 Å². The molecule has 4 aliphatic rings. The van der Waals surface area contributed by atoms with Gasteiger partial charge in [0.05, 0.1) is 11.6 Å². The molecule has 12 rings (SSSR count). The molecule has 0 radical (unpaired) electrons. The average molecular weight is 723 g/mol. The second-order valence-electron chi connectivity index (χ2n) is 15.4. The summed E-state index contributed by atoms with van der Waals surface area (Å²) in [5.74, 6) is 0. The van der Waals surface area contributed by atoms with Gasteiger partial charge < -0.3 is 9.47 Å². The van der Waals surface area contributed by atoms with Crippen LogP contribution < -0.4 is 15.3 Å². The minimum Gasteiger partial charge on any atom is -0.338 e. The average Bonchev–Trinajstić information content (AvgIpc) is 3.87. The van der Waals surface area contributed by atoms with E-state index in [1.54, 1.807) is 0 Å². The fraction of sp³-hybridized carbons (Fsp3) is 0.115. The lowest BCUT2D eigenvalue weighted by Crippen LogP contribution is -2.34. The van der Waals surface area contributed by atoms with Crippen LogP contribution in [-0.2, 0) is 6.42 Å². The topological polar surface area (TPSA) is 8.17 Å². The Morgan fingerprint density at radius 3 is 2.40 bits per heavy atom. The second kappa shape index (κ2) is 12.2. The lowest BCUT2D eigenvalue weighted by Gasteiger charge is -2.36. The van der Waals surface area contributed by atoms with Crippen LogP contribution in [0.4, 0.5) is 5.69 Å². The van der Waals surface area contributed by atoms with E-state index in [9.17, 15) is 0 Å². The molecule has 262 valence electrons. The number of hydrogen-bond acceptors (Lipinski definition) is 2. The molecule has 2 nitrogen and oxygen atoms in total. The minimum absolute atomic E-state index is 0.118. The van der Waals surface area contributed by atoms with E-state index in [4.69, 9.17) is 0 Å². The molecular weight excluding hydrogens is 685 g/mol. The third-order valence-electron chi connectivity index (χ3n) is 12.4. The van der Waals surface area contributed by atoms with Gasteiger partial charge in [-0.1, -0.05) is 109 Å². The summed E-state index contributed by atoms with van der Waals surface area (Å²) in [6.07, 6.45) is 19.8. The first-order valence-corrected chi connectivity index (χ1v) is 20.5. The van der Waals surface area contributed by atoms with Crippen LogP contribution in [0.5, 0.6) is 0 Å². The highest BCUT2D eigenvalue weighted by molar-refractivity contribution is 7.25. The number of anilines is 1. The van der Waals surface area contributed by atoms with E-state index in [1.807, 2.05) is 11.3 Å². The summed E-state index contributed by atoms with van der Waals surface area (Å²) in [5, 5.41) is 9.55. The SMILES string of the molecule is C1=C(N(c2ccc3sc4ccccc4c3c2)C2/C=C3/C(=C\C=C/C2)C2=c4c3c3ccccc3cc4=CCC2)CCc2c1c1ccccc1n2-c1ccccc1. The van der Waals surface area contributed by atoms with Crippen LogP contribution in [0, 0.1) is 0 Å².